The van der Waals surface area contributed by atoms with Crippen LogP contribution in [-0.4, -0.2) is 49.8 Å². The highest BCUT2D eigenvalue weighted by atomic mass is 35.5. The summed E-state index contributed by atoms with van der Waals surface area (Å²) >= 11 is 6.14. The molecule has 2 heterocycles. The molecule has 7 heteroatoms. The first-order chi connectivity index (χ1) is 9.89. The maximum Gasteiger partial charge on any atom is 0.244 e. The van der Waals surface area contributed by atoms with Gasteiger partial charge in [-0.05, 0) is 44.0 Å². The lowest BCUT2D eigenvalue weighted by atomic mass is 10.2. The van der Waals surface area contributed by atoms with Crippen molar-refractivity contribution in [3.8, 4) is 0 Å². The van der Waals surface area contributed by atoms with E-state index in [0.717, 1.165) is 31.5 Å². The van der Waals surface area contributed by atoms with Crippen LogP contribution in [0.2, 0.25) is 5.02 Å². The zero-order valence-electron chi connectivity index (χ0n) is 12.0. The van der Waals surface area contributed by atoms with Crippen LogP contribution in [0.4, 0.5) is 5.69 Å². The van der Waals surface area contributed by atoms with Crippen LogP contribution < -0.4 is 5.73 Å². The fourth-order valence-corrected chi connectivity index (χ4v) is 5.25. The van der Waals surface area contributed by atoms with Crippen molar-refractivity contribution in [3.63, 3.8) is 0 Å². The number of sulfonamides is 1. The van der Waals surface area contributed by atoms with Gasteiger partial charge in [0.2, 0.25) is 10.0 Å². The highest BCUT2D eigenvalue weighted by Gasteiger charge is 2.37. The van der Waals surface area contributed by atoms with Crippen molar-refractivity contribution in [1.29, 1.82) is 0 Å². The number of nitrogen functional groups attached to an aromatic ring is 1. The van der Waals surface area contributed by atoms with Crippen LogP contribution in [0, 0.1) is 6.92 Å². The Hall–Kier alpha value is -0.820. The van der Waals surface area contributed by atoms with Gasteiger partial charge in [-0.15, -0.1) is 0 Å². The molecule has 1 atom stereocenters. The minimum absolute atomic E-state index is 0.124. The molecule has 5 nitrogen and oxygen atoms in total. The second-order valence-corrected chi connectivity index (χ2v) is 8.15. The average Bonchev–Trinajstić information content (AvgIpc) is 2.90. The number of benzene rings is 1. The largest absolute Gasteiger partial charge is 0.398 e. The summed E-state index contributed by atoms with van der Waals surface area (Å²) in [5.41, 5.74) is 7.10. The molecule has 2 aliphatic rings. The third-order valence-corrected chi connectivity index (χ3v) is 6.82. The molecule has 1 aromatic carbocycles. The molecule has 3 rings (SSSR count). The Morgan fingerprint density at radius 3 is 2.81 bits per heavy atom. The summed E-state index contributed by atoms with van der Waals surface area (Å²) in [5, 5.41) is 0.246. The van der Waals surface area contributed by atoms with Gasteiger partial charge in [0, 0.05) is 31.4 Å². The SMILES string of the molecule is Cc1cc(Cl)c(S(=O)(=O)N2CCN3CCCC3C2)cc1N. The molecule has 116 valence electrons. The first kappa shape index (κ1) is 15.1. The Kier molecular flexibility index (Phi) is 3.90. The number of rotatable bonds is 2. The molecule has 0 aromatic heterocycles. The first-order valence-electron chi connectivity index (χ1n) is 7.19. The number of aryl methyl sites for hydroxylation is 1. The van der Waals surface area contributed by atoms with E-state index < -0.39 is 10.0 Å². The van der Waals surface area contributed by atoms with Crippen LogP contribution in [0.5, 0.6) is 0 Å². The van der Waals surface area contributed by atoms with Gasteiger partial charge >= 0.3 is 0 Å². The Bertz CT molecular complexity index is 662. The van der Waals surface area contributed by atoms with Gasteiger partial charge in [-0.3, -0.25) is 4.90 Å². The van der Waals surface area contributed by atoms with E-state index in [1.165, 1.54) is 6.07 Å². The van der Waals surface area contributed by atoms with Crippen molar-refractivity contribution in [3.05, 3.63) is 22.7 Å². The van der Waals surface area contributed by atoms with Gasteiger partial charge < -0.3 is 5.73 Å². The topological polar surface area (TPSA) is 66.6 Å². The monoisotopic (exact) mass is 329 g/mol. The lowest BCUT2D eigenvalue weighted by Gasteiger charge is -2.36. The molecule has 2 saturated heterocycles. The normalized spacial score (nSPS) is 24.2. The van der Waals surface area contributed by atoms with Crippen LogP contribution in [-0.2, 0) is 10.0 Å². The molecule has 0 saturated carbocycles. The van der Waals surface area contributed by atoms with E-state index in [-0.39, 0.29) is 9.92 Å². The van der Waals surface area contributed by atoms with Crippen molar-refractivity contribution in [2.45, 2.75) is 30.7 Å². The highest BCUT2D eigenvalue weighted by Crippen LogP contribution is 2.31. The fourth-order valence-electron chi connectivity index (χ4n) is 3.19. The van der Waals surface area contributed by atoms with Gasteiger partial charge in [-0.25, -0.2) is 8.42 Å². The average molecular weight is 330 g/mol. The van der Waals surface area contributed by atoms with Gasteiger partial charge in [0.05, 0.1) is 5.02 Å². The lowest BCUT2D eigenvalue weighted by molar-refractivity contribution is 0.158. The van der Waals surface area contributed by atoms with Crippen LogP contribution in [0.3, 0.4) is 0 Å². The molecule has 0 spiro atoms. The third kappa shape index (κ3) is 2.65. The fraction of sp³-hybridized carbons (Fsp3) is 0.571. The highest BCUT2D eigenvalue weighted by molar-refractivity contribution is 7.89. The van der Waals surface area contributed by atoms with Crippen LogP contribution in [0.25, 0.3) is 0 Å². The van der Waals surface area contributed by atoms with Gasteiger partial charge in [0.1, 0.15) is 4.90 Å². The number of anilines is 1. The third-order valence-electron chi connectivity index (χ3n) is 4.49. The summed E-state index contributed by atoms with van der Waals surface area (Å²) in [6.07, 6.45) is 2.21. The summed E-state index contributed by atoms with van der Waals surface area (Å²) in [6.45, 7) is 4.75. The second kappa shape index (κ2) is 5.43. The zero-order chi connectivity index (χ0) is 15.2. The minimum Gasteiger partial charge on any atom is -0.398 e. The number of nitrogens with two attached hydrogens (primary N) is 1. The van der Waals surface area contributed by atoms with E-state index in [1.807, 2.05) is 6.92 Å². The number of hydrogen-bond donors (Lipinski definition) is 1. The molecule has 21 heavy (non-hydrogen) atoms. The summed E-state index contributed by atoms with van der Waals surface area (Å²) < 4.78 is 27.2. The molecule has 0 amide bonds. The Morgan fingerprint density at radius 1 is 1.29 bits per heavy atom. The maximum atomic E-state index is 12.8. The van der Waals surface area contributed by atoms with Gasteiger partial charge in [0.25, 0.3) is 0 Å². The van der Waals surface area contributed by atoms with Crippen molar-refractivity contribution in [1.82, 2.24) is 9.21 Å². The van der Waals surface area contributed by atoms with Gasteiger partial charge in [0.15, 0.2) is 0 Å². The van der Waals surface area contributed by atoms with Crippen LogP contribution in [0.15, 0.2) is 17.0 Å². The number of hydrogen-bond acceptors (Lipinski definition) is 4. The predicted octanol–water partition coefficient (Wildman–Crippen LogP) is 1.70. The molecule has 0 radical (unpaired) electrons. The summed E-state index contributed by atoms with van der Waals surface area (Å²) in [6, 6.07) is 3.44. The van der Waals surface area contributed by atoms with Crippen molar-refractivity contribution in [2.75, 3.05) is 31.9 Å². The summed E-state index contributed by atoms with van der Waals surface area (Å²) in [4.78, 5) is 2.50. The summed E-state index contributed by atoms with van der Waals surface area (Å²) in [5.74, 6) is 0. The van der Waals surface area contributed by atoms with Gasteiger partial charge in [-0.1, -0.05) is 11.6 Å². The minimum atomic E-state index is -3.58. The van der Waals surface area contributed by atoms with Crippen LogP contribution in [0.1, 0.15) is 18.4 Å². The van der Waals surface area contributed by atoms with Gasteiger partial charge in [-0.2, -0.15) is 4.31 Å². The molecule has 2 N–H and O–H groups in total. The van der Waals surface area contributed by atoms with Crippen molar-refractivity contribution in [2.24, 2.45) is 0 Å². The standard InChI is InChI=1S/C14H20ClN3O2S/c1-10-7-12(15)14(8-13(10)16)21(19,20)18-6-5-17-4-2-3-11(17)9-18/h7-8,11H,2-6,9,16H2,1H3. The van der Waals surface area contributed by atoms with E-state index in [4.69, 9.17) is 17.3 Å². The molecule has 1 unspecified atom stereocenters. The quantitative estimate of drug-likeness (QED) is 0.839. The van der Waals surface area contributed by atoms with Crippen molar-refractivity contribution < 1.29 is 8.42 Å². The van der Waals surface area contributed by atoms with E-state index in [1.54, 1.807) is 10.4 Å². The Morgan fingerprint density at radius 2 is 2.05 bits per heavy atom. The van der Waals surface area contributed by atoms with E-state index in [0.29, 0.717) is 24.8 Å². The predicted molar refractivity (Wildman–Crippen MR) is 84.0 cm³/mol. The molecule has 0 bridgehead atoms. The van der Waals surface area contributed by atoms with E-state index >= 15 is 0 Å². The molecule has 2 fully saturated rings. The maximum absolute atomic E-state index is 12.8. The molecule has 1 aromatic rings. The summed E-state index contributed by atoms with van der Waals surface area (Å²) in [7, 11) is -3.58. The first-order valence-corrected chi connectivity index (χ1v) is 9.01. The number of nitrogens with zero attached hydrogens (tertiary/aromatic N) is 2. The number of fused-ring (bicyclic) bond motifs is 1. The molecule has 0 aliphatic carbocycles. The Labute approximate surface area is 130 Å². The molecule has 2 aliphatic heterocycles. The Balaban J connectivity index is 1.92. The number of piperazine rings is 1. The van der Waals surface area contributed by atoms with Crippen molar-refractivity contribution >= 4 is 27.3 Å². The zero-order valence-corrected chi connectivity index (χ0v) is 13.6. The second-order valence-electron chi connectivity index (χ2n) is 5.83. The van der Waals surface area contributed by atoms with Crippen LogP contribution >= 0.6 is 11.6 Å². The van der Waals surface area contributed by atoms with E-state index in [9.17, 15) is 8.42 Å². The lowest BCUT2D eigenvalue weighted by Crippen LogP contribution is -2.51. The molecular formula is C14H20ClN3O2S. The number of halogens is 1. The van der Waals surface area contributed by atoms with E-state index in [2.05, 4.69) is 4.90 Å². The molecular weight excluding hydrogens is 310 g/mol. The smallest absolute Gasteiger partial charge is 0.244 e.